The van der Waals surface area contributed by atoms with E-state index < -0.39 is 6.03 Å². The number of urea groups is 1. The number of carbonyl (C=O) groups excluding carboxylic acids is 3. The summed E-state index contributed by atoms with van der Waals surface area (Å²) in [6, 6.07) is -0.754. The van der Waals surface area contributed by atoms with Gasteiger partial charge in [0.15, 0.2) is 0 Å². The summed E-state index contributed by atoms with van der Waals surface area (Å²) in [5, 5.41) is 9.40. The second-order valence-electron chi connectivity index (χ2n) is 5.46. The third-order valence-corrected chi connectivity index (χ3v) is 3.87. The fourth-order valence-corrected chi connectivity index (χ4v) is 2.56. The van der Waals surface area contributed by atoms with Gasteiger partial charge < -0.3 is 10.6 Å². The summed E-state index contributed by atoms with van der Waals surface area (Å²) < 4.78 is 1.75. The molecule has 0 unspecified atom stereocenters. The van der Waals surface area contributed by atoms with E-state index in [1.807, 2.05) is 6.92 Å². The molecule has 0 spiro atoms. The molecule has 2 fully saturated rings. The third-order valence-electron chi connectivity index (χ3n) is 3.87. The molecular formula is C13H18N6O3. The molecule has 1 aliphatic carbocycles. The normalized spacial score (nSPS) is 19.2. The number of carbonyl (C=O) groups is 3. The van der Waals surface area contributed by atoms with Gasteiger partial charge in [-0.05, 0) is 25.7 Å². The van der Waals surface area contributed by atoms with Gasteiger partial charge in [-0.1, -0.05) is 0 Å². The molecule has 9 nitrogen and oxygen atoms in total. The number of amides is 4. The van der Waals surface area contributed by atoms with Crippen LogP contribution in [0.3, 0.4) is 0 Å². The Morgan fingerprint density at radius 1 is 1.50 bits per heavy atom. The Morgan fingerprint density at radius 3 is 2.86 bits per heavy atom. The minimum atomic E-state index is -0.528. The van der Waals surface area contributed by atoms with Crippen LogP contribution in [0.1, 0.15) is 31.6 Å². The average molecular weight is 306 g/mol. The summed E-state index contributed by atoms with van der Waals surface area (Å²) in [5.74, 6) is 0.296. The molecule has 9 heteroatoms. The van der Waals surface area contributed by atoms with Crippen LogP contribution in [0.2, 0.25) is 0 Å². The zero-order chi connectivity index (χ0) is 15.7. The van der Waals surface area contributed by atoms with Crippen molar-refractivity contribution >= 4 is 17.8 Å². The van der Waals surface area contributed by atoms with Gasteiger partial charge in [0.2, 0.25) is 5.91 Å². The summed E-state index contributed by atoms with van der Waals surface area (Å²) in [4.78, 5) is 40.3. The van der Waals surface area contributed by atoms with Gasteiger partial charge >= 0.3 is 6.03 Å². The molecule has 118 valence electrons. The molecule has 1 aromatic rings. The molecule has 2 aliphatic rings. The molecule has 1 atom stereocenters. The summed E-state index contributed by atoms with van der Waals surface area (Å²) in [7, 11) is 0. The summed E-state index contributed by atoms with van der Waals surface area (Å²) in [6.07, 6.45) is 3.51. The highest BCUT2D eigenvalue weighted by Crippen LogP contribution is 2.40. The lowest BCUT2D eigenvalue weighted by atomic mass is 10.1. The van der Waals surface area contributed by atoms with Crippen molar-refractivity contribution in [1.29, 1.82) is 0 Å². The van der Waals surface area contributed by atoms with E-state index in [2.05, 4.69) is 20.7 Å². The van der Waals surface area contributed by atoms with Gasteiger partial charge in [-0.3, -0.25) is 14.5 Å². The van der Waals surface area contributed by atoms with E-state index in [9.17, 15) is 14.4 Å². The average Bonchev–Trinajstić information content (AvgIpc) is 3.16. The molecule has 0 radical (unpaired) electrons. The number of nitrogens with zero attached hydrogens (tertiary/aromatic N) is 4. The van der Waals surface area contributed by atoms with Crippen LogP contribution in [0.4, 0.5) is 4.79 Å². The van der Waals surface area contributed by atoms with E-state index >= 15 is 0 Å². The number of nitrogens with one attached hydrogen (secondary N) is 2. The van der Waals surface area contributed by atoms with Crippen molar-refractivity contribution < 1.29 is 14.4 Å². The first-order valence-corrected chi connectivity index (χ1v) is 7.35. The van der Waals surface area contributed by atoms with Gasteiger partial charge in [-0.15, -0.1) is 0 Å². The van der Waals surface area contributed by atoms with Crippen molar-refractivity contribution in [3.05, 3.63) is 12.2 Å². The summed E-state index contributed by atoms with van der Waals surface area (Å²) >= 11 is 0. The van der Waals surface area contributed by atoms with Gasteiger partial charge in [0, 0.05) is 6.54 Å². The highest BCUT2D eigenvalue weighted by Gasteiger charge is 2.37. The molecule has 4 amide bonds. The largest absolute Gasteiger partial charge is 0.344 e. The Hall–Kier alpha value is -2.45. The first-order valence-electron chi connectivity index (χ1n) is 7.35. The van der Waals surface area contributed by atoms with Crippen molar-refractivity contribution in [2.75, 3.05) is 13.1 Å². The predicted octanol–water partition coefficient (Wildman–Crippen LogP) is -0.583. The maximum Gasteiger partial charge on any atom is 0.325 e. The van der Waals surface area contributed by atoms with Crippen LogP contribution in [0.15, 0.2) is 6.33 Å². The minimum Gasteiger partial charge on any atom is -0.344 e. The fraction of sp³-hybridized carbons (Fsp3) is 0.615. The molecule has 1 saturated carbocycles. The quantitative estimate of drug-likeness (QED) is 0.683. The van der Waals surface area contributed by atoms with Crippen molar-refractivity contribution in [1.82, 2.24) is 30.3 Å². The smallest absolute Gasteiger partial charge is 0.325 e. The Labute approximate surface area is 127 Å². The first kappa shape index (κ1) is 14.5. The van der Waals surface area contributed by atoms with Gasteiger partial charge in [-0.25, -0.2) is 14.5 Å². The van der Waals surface area contributed by atoms with Crippen molar-refractivity contribution in [3.63, 3.8) is 0 Å². The molecule has 1 saturated heterocycles. The number of hydrogen-bond acceptors (Lipinski definition) is 5. The topological polar surface area (TPSA) is 109 Å². The van der Waals surface area contributed by atoms with Gasteiger partial charge in [0.05, 0.1) is 12.6 Å². The Bertz CT molecular complexity index is 593. The van der Waals surface area contributed by atoms with Crippen LogP contribution in [0.25, 0.3) is 0 Å². The van der Waals surface area contributed by atoms with E-state index in [4.69, 9.17) is 0 Å². The van der Waals surface area contributed by atoms with Crippen LogP contribution < -0.4 is 10.6 Å². The van der Waals surface area contributed by atoms with Gasteiger partial charge in [-0.2, -0.15) is 5.10 Å². The zero-order valence-electron chi connectivity index (χ0n) is 12.3. The first-order chi connectivity index (χ1) is 10.6. The summed E-state index contributed by atoms with van der Waals surface area (Å²) in [5.41, 5.74) is 0. The monoisotopic (exact) mass is 306 g/mol. The van der Waals surface area contributed by atoms with E-state index in [-0.39, 0.29) is 30.9 Å². The Morgan fingerprint density at radius 2 is 2.27 bits per heavy atom. The molecule has 22 heavy (non-hydrogen) atoms. The number of aryl methyl sites for hydroxylation is 1. The maximum atomic E-state index is 12.2. The number of imide groups is 1. The number of rotatable bonds is 6. The zero-order valence-corrected chi connectivity index (χ0v) is 12.3. The van der Waals surface area contributed by atoms with E-state index in [1.165, 1.54) is 6.33 Å². The molecular weight excluding hydrogens is 288 g/mol. The second kappa shape index (κ2) is 5.74. The third kappa shape index (κ3) is 2.78. The van der Waals surface area contributed by atoms with Crippen molar-refractivity contribution in [3.8, 4) is 0 Å². The lowest BCUT2D eigenvalue weighted by Crippen LogP contribution is -2.43. The van der Waals surface area contributed by atoms with Crippen LogP contribution >= 0.6 is 0 Å². The Kier molecular flexibility index (Phi) is 3.78. The number of hydrogen-bond donors (Lipinski definition) is 2. The summed E-state index contributed by atoms with van der Waals surface area (Å²) in [6.45, 7) is 2.30. The predicted molar refractivity (Wildman–Crippen MR) is 74.4 cm³/mol. The van der Waals surface area contributed by atoms with E-state index in [1.54, 1.807) is 4.68 Å². The SMILES string of the molecule is CCn1ncnc1[C@H](NC(=O)CN1C(=O)CNC1=O)C1CC1. The standard InChI is InChI=1S/C13H18N6O3/c1-2-19-12(15-7-16-19)11(8-3-4-8)17-9(20)6-18-10(21)5-14-13(18)22/h7-8,11H,2-6H2,1H3,(H,14,22)(H,17,20)/t11-/m1/s1. The highest BCUT2D eigenvalue weighted by molar-refractivity contribution is 6.04. The maximum absolute atomic E-state index is 12.2. The lowest BCUT2D eigenvalue weighted by Gasteiger charge is -2.19. The minimum absolute atomic E-state index is 0.0532. The van der Waals surface area contributed by atoms with Crippen molar-refractivity contribution in [2.24, 2.45) is 5.92 Å². The molecule has 0 bridgehead atoms. The van der Waals surface area contributed by atoms with Crippen molar-refractivity contribution in [2.45, 2.75) is 32.4 Å². The molecule has 0 aromatic carbocycles. The van der Waals surface area contributed by atoms with E-state index in [0.29, 0.717) is 12.5 Å². The van der Waals surface area contributed by atoms with Gasteiger partial charge in [0.1, 0.15) is 18.7 Å². The molecule has 1 aromatic heterocycles. The van der Waals surface area contributed by atoms with Crippen LogP contribution in [-0.4, -0.2) is 50.6 Å². The second-order valence-corrected chi connectivity index (χ2v) is 5.46. The molecule has 1 aliphatic heterocycles. The lowest BCUT2D eigenvalue weighted by molar-refractivity contribution is -0.131. The van der Waals surface area contributed by atoms with Crippen LogP contribution in [0, 0.1) is 5.92 Å². The fourth-order valence-electron chi connectivity index (χ4n) is 2.56. The molecule has 2 N–H and O–H groups in total. The number of aromatic nitrogens is 3. The van der Waals surface area contributed by atoms with Crippen LogP contribution in [-0.2, 0) is 16.1 Å². The van der Waals surface area contributed by atoms with Crippen LogP contribution in [0.5, 0.6) is 0 Å². The molecule has 3 rings (SSSR count). The van der Waals surface area contributed by atoms with E-state index in [0.717, 1.165) is 23.6 Å². The highest BCUT2D eigenvalue weighted by atomic mass is 16.2. The van der Waals surface area contributed by atoms with Gasteiger partial charge in [0.25, 0.3) is 5.91 Å². The molecule has 2 heterocycles. The Balaban J connectivity index is 1.68.